The molecule has 0 aromatic carbocycles. The molecule has 2 aliphatic heterocycles. The van der Waals surface area contributed by atoms with E-state index < -0.39 is 5.41 Å². The van der Waals surface area contributed by atoms with Crippen LogP contribution in [0.15, 0.2) is 24.5 Å². The van der Waals surface area contributed by atoms with Gasteiger partial charge in [-0.15, -0.1) is 0 Å². The van der Waals surface area contributed by atoms with E-state index in [1.165, 1.54) is 19.3 Å². The zero-order valence-corrected chi connectivity index (χ0v) is 14.6. The van der Waals surface area contributed by atoms with Gasteiger partial charge in [-0.2, -0.15) is 0 Å². The molecule has 1 aliphatic carbocycles. The fourth-order valence-electron chi connectivity index (χ4n) is 4.09. The Balaban J connectivity index is 1.51. The molecule has 0 radical (unpaired) electrons. The van der Waals surface area contributed by atoms with Gasteiger partial charge in [0.1, 0.15) is 18.2 Å². The number of fused-ring (bicyclic) bond motifs is 2. The number of piperidine rings is 1. The molecule has 0 atom stereocenters. The maximum atomic E-state index is 13.1. The molecular weight excluding hydrogens is 330 g/mol. The fraction of sp³-hybridized carbons (Fsp3) is 0.474. The van der Waals surface area contributed by atoms with Gasteiger partial charge < -0.3 is 10.0 Å². The Kier molecular flexibility index (Phi) is 3.46. The highest BCUT2D eigenvalue weighted by Crippen LogP contribution is 2.58. The van der Waals surface area contributed by atoms with Crippen molar-refractivity contribution in [2.75, 3.05) is 22.9 Å². The summed E-state index contributed by atoms with van der Waals surface area (Å²) in [5, 5.41) is 9.37. The number of amides is 1. The van der Waals surface area contributed by atoms with E-state index in [1.54, 1.807) is 17.3 Å². The molecule has 2 aromatic heterocycles. The van der Waals surface area contributed by atoms with Crippen molar-refractivity contribution in [1.82, 2.24) is 15.0 Å². The van der Waals surface area contributed by atoms with Crippen molar-refractivity contribution < 1.29 is 9.90 Å². The standard InChI is InChI=1S/C19H21N5O2/c25-12-15-20-11-14-17(22-15)24(18(26)19(14)6-7-19)13-4-5-16(21-10-13)23-8-2-1-3-9-23/h4-5,10-11,25H,1-3,6-9,12H2. The summed E-state index contributed by atoms with van der Waals surface area (Å²) in [5.74, 6) is 1.93. The Morgan fingerprint density at radius 2 is 1.88 bits per heavy atom. The molecular formula is C19H21N5O2. The van der Waals surface area contributed by atoms with Crippen LogP contribution in [-0.4, -0.2) is 39.1 Å². The molecule has 1 saturated heterocycles. The average Bonchev–Trinajstić information content (AvgIpc) is 3.47. The summed E-state index contributed by atoms with van der Waals surface area (Å²) in [7, 11) is 0. The minimum Gasteiger partial charge on any atom is -0.388 e. The van der Waals surface area contributed by atoms with Crippen LogP contribution in [0.3, 0.4) is 0 Å². The maximum absolute atomic E-state index is 13.1. The van der Waals surface area contributed by atoms with E-state index in [4.69, 9.17) is 0 Å². The number of aliphatic hydroxyl groups is 1. The number of nitrogens with zero attached hydrogens (tertiary/aromatic N) is 5. The van der Waals surface area contributed by atoms with Gasteiger partial charge in [0.15, 0.2) is 5.82 Å². The smallest absolute Gasteiger partial charge is 0.243 e. The van der Waals surface area contributed by atoms with E-state index in [2.05, 4.69) is 19.9 Å². The number of pyridine rings is 1. The summed E-state index contributed by atoms with van der Waals surface area (Å²) in [6.07, 6.45) is 8.80. The van der Waals surface area contributed by atoms with Gasteiger partial charge in [0.25, 0.3) is 0 Å². The second-order valence-electron chi connectivity index (χ2n) is 7.33. The first-order chi connectivity index (χ1) is 12.7. The first-order valence-electron chi connectivity index (χ1n) is 9.26. The first-order valence-corrected chi connectivity index (χ1v) is 9.26. The molecule has 1 saturated carbocycles. The van der Waals surface area contributed by atoms with Crippen molar-refractivity contribution in [3.8, 4) is 0 Å². The van der Waals surface area contributed by atoms with Crippen LogP contribution in [0.1, 0.15) is 43.5 Å². The molecule has 0 unspecified atom stereocenters. The van der Waals surface area contributed by atoms with Gasteiger partial charge in [0, 0.05) is 24.8 Å². The van der Waals surface area contributed by atoms with Crippen molar-refractivity contribution in [2.45, 2.75) is 44.1 Å². The average molecular weight is 351 g/mol. The topological polar surface area (TPSA) is 82.5 Å². The van der Waals surface area contributed by atoms with Gasteiger partial charge in [-0.25, -0.2) is 15.0 Å². The Bertz CT molecular complexity index is 857. The normalized spacial score (nSPS) is 20.6. The highest BCUT2D eigenvalue weighted by molar-refractivity contribution is 6.13. The van der Waals surface area contributed by atoms with Crippen LogP contribution in [0.5, 0.6) is 0 Å². The van der Waals surface area contributed by atoms with Gasteiger partial charge in [-0.05, 0) is 44.2 Å². The molecule has 1 spiro atoms. The summed E-state index contributed by atoms with van der Waals surface area (Å²) in [5.41, 5.74) is 1.14. The van der Waals surface area contributed by atoms with Crippen LogP contribution in [0.2, 0.25) is 0 Å². The van der Waals surface area contributed by atoms with E-state index in [0.717, 1.165) is 43.0 Å². The largest absolute Gasteiger partial charge is 0.388 e. The van der Waals surface area contributed by atoms with Crippen LogP contribution in [0, 0.1) is 0 Å². The van der Waals surface area contributed by atoms with Crippen molar-refractivity contribution in [2.24, 2.45) is 0 Å². The molecule has 7 heteroatoms. The lowest BCUT2D eigenvalue weighted by molar-refractivity contribution is -0.119. The van der Waals surface area contributed by atoms with E-state index in [1.807, 2.05) is 12.1 Å². The van der Waals surface area contributed by atoms with Crippen molar-refractivity contribution in [1.29, 1.82) is 0 Å². The Hall–Kier alpha value is -2.54. The van der Waals surface area contributed by atoms with Gasteiger partial charge in [-0.1, -0.05) is 0 Å². The quantitative estimate of drug-likeness (QED) is 0.911. The number of rotatable bonds is 3. The molecule has 3 aliphatic rings. The zero-order chi connectivity index (χ0) is 17.7. The number of aliphatic hydroxyl groups excluding tert-OH is 1. The van der Waals surface area contributed by atoms with Crippen LogP contribution >= 0.6 is 0 Å². The molecule has 26 heavy (non-hydrogen) atoms. The number of carbonyl (C=O) groups excluding carboxylic acids is 1. The minimum absolute atomic E-state index is 0.0458. The van der Waals surface area contributed by atoms with Crippen molar-refractivity contribution >= 4 is 23.2 Å². The van der Waals surface area contributed by atoms with Gasteiger partial charge in [0.05, 0.1) is 17.3 Å². The number of hydrogen-bond donors (Lipinski definition) is 1. The molecule has 2 aromatic rings. The lowest BCUT2D eigenvalue weighted by Crippen LogP contribution is -2.30. The SMILES string of the molecule is O=C1N(c2ccc(N3CCCCC3)nc2)c2nc(CO)ncc2C12CC2. The molecule has 0 bridgehead atoms. The summed E-state index contributed by atoms with van der Waals surface area (Å²) < 4.78 is 0. The van der Waals surface area contributed by atoms with Crippen LogP contribution in [0.25, 0.3) is 0 Å². The van der Waals surface area contributed by atoms with Crippen LogP contribution < -0.4 is 9.80 Å². The molecule has 4 heterocycles. The van der Waals surface area contributed by atoms with Gasteiger partial charge in [-0.3, -0.25) is 9.69 Å². The first kappa shape index (κ1) is 15.7. The molecule has 1 amide bonds. The van der Waals surface area contributed by atoms with Crippen molar-refractivity contribution in [3.05, 3.63) is 35.9 Å². The Morgan fingerprint density at radius 1 is 1.08 bits per heavy atom. The second-order valence-corrected chi connectivity index (χ2v) is 7.33. The minimum atomic E-state index is -0.463. The lowest BCUT2D eigenvalue weighted by atomic mass is 10.0. The maximum Gasteiger partial charge on any atom is 0.243 e. The number of hydrogen-bond acceptors (Lipinski definition) is 6. The van der Waals surface area contributed by atoms with Gasteiger partial charge >= 0.3 is 0 Å². The highest BCUT2D eigenvalue weighted by Gasteiger charge is 2.60. The Morgan fingerprint density at radius 3 is 2.54 bits per heavy atom. The number of aromatic nitrogens is 3. The molecule has 2 fully saturated rings. The molecule has 134 valence electrons. The fourth-order valence-corrected chi connectivity index (χ4v) is 4.09. The summed E-state index contributed by atoms with van der Waals surface area (Å²) in [6.45, 7) is 1.83. The predicted molar refractivity (Wildman–Crippen MR) is 96.3 cm³/mol. The third-order valence-electron chi connectivity index (χ3n) is 5.72. The summed E-state index contributed by atoms with van der Waals surface area (Å²) in [6, 6.07) is 3.93. The van der Waals surface area contributed by atoms with Crippen molar-refractivity contribution in [3.63, 3.8) is 0 Å². The van der Waals surface area contributed by atoms with Crippen LogP contribution in [0.4, 0.5) is 17.3 Å². The lowest BCUT2D eigenvalue weighted by Gasteiger charge is -2.28. The van der Waals surface area contributed by atoms with E-state index in [9.17, 15) is 9.90 Å². The Labute approximate surface area is 151 Å². The van der Waals surface area contributed by atoms with Crippen LogP contribution in [-0.2, 0) is 16.8 Å². The molecule has 7 nitrogen and oxygen atoms in total. The second kappa shape index (κ2) is 5.74. The van der Waals surface area contributed by atoms with E-state index >= 15 is 0 Å². The predicted octanol–water partition coefficient (Wildman–Crippen LogP) is 2.06. The third-order valence-corrected chi connectivity index (χ3v) is 5.72. The molecule has 1 N–H and O–H groups in total. The van der Waals surface area contributed by atoms with E-state index in [0.29, 0.717) is 11.6 Å². The molecule has 5 rings (SSSR count). The highest BCUT2D eigenvalue weighted by atomic mass is 16.3. The third kappa shape index (κ3) is 2.23. The number of carbonyl (C=O) groups is 1. The van der Waals surface area contributed by atoms with E-state index in [-0.39, 0.29) is 12.5 Å². The summed E-state index contributed by atoms with van der Waals surface area (Å²) in [4.78, 5) is 30.3. The summed E-state index contributed by atoms with van der Waals surface area (Å²) >= 11 is 0. The number of anilines is 3. The van der Waals surface area contributed by atoms with Gasteiger partial charge in [0.2, 0.25) is 5.91 Å². The monoisotopic (exact) mass is 351 g/mol. The zero-order valence-electron chi connectivity index (χ0n) is 14.6.